The van der Waals surface area contributed by atoms with Gasteiger partial charge in [0.15, 0.2) is 0 Å². The van der Waals surface area contributed by atoms with Gasteiger partial charge in [-0.2, -0.15) is 0 Å². The summed E-state index contributed by atoms with van der Waals surface area (Å²) in [5, 5.41) is 22.7. The summed E-state index contributed by atoms with van der Waals surface area (Å²) in [7, 11) is 1.43. The zero-order chi connectivity index (χ0) is 24.2. The Labute approximate surface area is 202 Å². The van der Waals surface area contributed by atoms with Crippen LogP contribution in [-0.2, 0) is 23.7 Å². The molecule has 3 aliphatic heterocycles. The maximum absolute atomic E-state index is 12.8. The molecule has 0 amide bonds. The quantitative estimate of drug-likeness (QED) is 0.477. The summed E-state index contributed by atoms with van der Waals surface area (Å²) in [5.41, 5.74) is 1.14. The van der Waals surface area contributed by atoms with Crippen molar-refractivity contribution in [1.82, 2.24) is 0 Å². The minimum absolute atomic E-state index is 0.00187. The van der Waals surface area contributed by atoms with Gasteiger partial charge in [0.2, 0.25) is 0 Å². The minimum Gasteiger partial charge on any atom is -0.469 e. The van der Waals surface area contributed by atoms with Gasteiger partial charge < -0.3 is 29.2 Å². The minimum atomic E-state index is -0.738. The molecule has 7 heteroatoms. The summed E-state index contributed by atoms with van der Waals surface area (Å²) in [5.74, 6) is 0.388. The number of esters is 1. The van der Waals surface area contributed by atoms with E-state index in [1.807, 2.05) is 0 Å². The molecule has 0 aromatic rings. The molecule has 2 saturated carbocycles. The monoisotopic (exact) mass is 476 g/mol. The number of ether oxygens (including phenoxy) is 4. The average molecular weight is 477 g/mol. The van der Waals surface area contributed by atoms with Gasteiger partial charge in [-0.05, 0) is 43.1 Å². The van der Waals surface area contributed by atoms with Gasteiger partial charge in [0, 0.05) is 41.6 Å². The predicted octanol–water partition coefficient (Wildman–Crippen LogP) is 2.48. The van der Waals surface area contributed by atoms with E-state index in [1.54, 1.807) is 0 Å². The van der Waals surface area contributed by atoms with E-state index in [4.69, 9.17) is 18.9 Å². The smallest absolute Gasteiger partial charge is 0.305 e. The van der Waals surface area contributed by atoms with Crippen LogP contribution in [0.4, 0.5) is 0 Å². The molecule has 12 atom stereocenters. The summed E-state index contributed by atoms with van der Waals surface area (Å²) in [4.78, 5) is 12.8. The van der Waals surface area contributed by atoms with E-state index in [9.17, 15) is 15.0 Å². The molecule has 3 heterocycles. The van der Waals surface area contributed by atoms with E-state index in [0.29, 0.717) is 24.9 Å². The summed E-state index contributed by atoms with van der Waals surface area (Å²) < 4.78 is 24.3. The van der Waals surface area contributed by atoms with Crippen molar-refractivity contribution >= 4 is 5.97 Å². The van der Waals surface area contributed by atoms with E-state index in [1.165, 1.54) is 18.3 Å². The maximum Gasteiger partial charge on any atom is 0.305 e. The van der Waals surface area contributed by atoms with Crippen LogP contribution in [0, 0.1) is 39.9 Å². The van der Waals surface area contributed by atoms with Gasteiger partial charge in [-0.3, -0.25) is 4.79 Å². The zero-order valence-electron chi connectivity index (χ0n) is 21.1. The van der Waals surface area contributed by atoms with E-state index in [0.717, 1.165) is 26.1 Å². The second kappa shape index (κ2) is 7.51. The van der Waals surface area contributed by atoms with Crippen LogP contribution >= 0.6 is 0 Å². The molecule has 0 aromatic heterocycles. The van der Waals surface area contributed by atoms with Crippen LogP contribution in [-0.4, -0.2) is 73.6 Å². The third-order valence-electron chi connectivity index (χ3n) is 11.4. The lowest BCUT2D eigenvalue weighted by atomic mass is 9.40. The molecular weight excluding hydrogens is 436 g/mol. The highest BCUT2D eigenvalue weighted by molar-refractivity contribution is 5.70. The van der Waals surface area contributed by atoms with Crippen LogP contribution in [0.3, 0.4) is 0 Å². The molecular formula is C27H40O7. The predicted molar refractivity (Wildman–Crippen MR) is 123 cm³/mol. The van der Waals surface area contributed by atoms with Crippen LogP contribution in [0.1, 0.15) is 53.4 Å². The highest BCUT2D eigenvalue weighted by Crippen LogP contribution is 2.73. The number of carbonyl (C=O) groups is 1. The van der Waals surface area contributed by atoms with Crippen LogP contribution in [0.5, 0.6) is 0 Å². The van der Waals surface area contributed by atoms with Crippen molar-refractivity contribution in [1.29, 1.82) is 0 Å². The highest BCUT2D eigenvalue weighted by Gasteiger charge is 2.77. The number of aliphatic hydroxyl groups is 2. The number of hydrogen-bond donors (Lipinski definition) is 2. The Morgan fingerprint density at radius 3 is 2.62 bits per heavy atom. The molecule has 0 bridgehead atoms. The second-order valence-corrected chi connectivity index (χ2v) is 12.6. The third-order valence-corrected chi connectivity index (χ3v) is 11.4. The Kier molecular flexibility index (Phi) is 5.17. The van der Waals surface area contributed by atoms with E-state index >= 15 is 0 Å². The zero-order valence-corrected chi connectivity index (χ0v) is 21.1. The van der Waals surface area contributed by atoms with E-state index < -0.39 is 28.5 Å². The molecule has 6 rings (SSSR count). The molecule has 0 spiro atoms. The molecule has 6 aliphatic rings. The van der Waals surface area contributed by atoms with Crippen molar-refractivity contribution in [2.24, 2.45) is 39.9 Å². The number of aliphatic hydroxyl groups excluding tert-OH is 2. The lowest BCUT2D eigenvalue weighted by Crippen LogP contribution is -2.70. The van der Waals surface area contributed by atoms with Crippen LogP contribution in [0.25, 0.3) is 0 Å². The first-order valence-corrected chi connectivity index (χ1v) is 13.1. The van der Waals surface area contributed by atoms with Crippen molar-refractivity contribution in [3.05, 3.63) is 11.1 Å². The first-order valence-electron chi connectivity index (χ1n) is 13.1. The molecule has 2 unspecified atom stereocenters. The number of carbonyl (C=O) groups excluding carboxylic acids is 1. The van der Waals surface area contributed by atoms with Crippen LogP contribution in [0.2, 0.25) is 0 Å². The van der Waals surface area contributed by atoms with Gasteiger partial charge in [0.25, 0.3) is 0 Å². The summed E-state index contributed by atoms with van der Waals surface area (Å²) >= 11 is 0. The molecule has 3 saturated heterocycles. The Morgan fingerprint density at radius 1 is 1.18 bits per heavy atom. The van der Waals surface area contributed by atoms with Gasteiger partial charge in [0.1, 0.15) is 0 Å². The number of rotatable bonds is 3. The van der Waals surface area contributed by atoms with Crippen molar-refractivity contribution in [3.8, 4) is 0 Å². The van der Waals surface area contributed by atoms with E-state index in [2.05, 4.69) is 27.7 Å². The first kappa shape index (κ1) is 23.4. The van der Waals surface area contributed by atoms with Gasteiger partial charge >= 0.3 is 5.97 Å². The molecule has 2 N–H and O–H groups in total. The molecule has 5 fully saturated rings. The number of fused-ring (bicyclic) bond motifs is 4. The van der Waals surface area contributed by atoms with Gasteiger partial charge in [-0.15, -0.1) is 0 Å². The molecule has 0 aromatic carbocycles. The van der Waals surface area contributed by atoms with Crippen LogP contribution in [0.15, 0.2) is 11.1 Å². The first-order chi connectivity index (χ1) is 16.1. The molecule has 190 valence electrons. The van der Waals surface area contributed by atoms with Gasteiger partial charge in [-0.25, -0.2) is 0 Å². The molecule has 0 radical (unpaired) electrons. The fraction of sp³-hybridized carbons (Fsp3) is 0.889. The van der Waals surface area contributed by atoms with Gasteiger partial charge in [0.05, 0.1) is 50.8 Å². The second-order valence-electron chi connectivity index (χ2n) is 12.6. The lowest BCUT2D eigenvalue weighted by molar-refractivity contribution is -0.243. The number of methoxy groups -OCH3 is 1. The fourth-order valence-electron chi connectivity index (χ4n) is 9.75. The Balaban J connectivity index is 1.51. The largest absolute Gasteiger partial charge is 0.469 e. The van der Waals surface area contributed by atoms with Crippen molar-refractivity contribution < 1.29 is 34.0 Å². The van der Waals surface area contributed by atoms with Crippen LogP contribution < -0.4 is 0 Å². The third kappa shape index (κ3) is 2.68. The fourth-order valence-corrected chi connectivity index (χ4v) is 9.75. The Morgan fingerprint density at radius 2 is 1.94 bits per heavy atom. The summed E-state index contributed by atoms with van der Waals surface area (Å²) in [6, 6.07) is 0. The Bertz CT molecular complexity index is 911. The van der Waals surface area contributed by atoms with Crippen molar-refractivity contribution in [3.63, 3.8) is 0 Å². The molecule has 7 nitrogen and oxygen atoms in total. The maximum atomic E-state index is 12.8. The molecule has 34 heavy (non-hydrogen) atoms. The summed E-state index contributed by atoms with van der Waals surface area (Å²) in [6.45, 7) is 10.8. The summed E-state index contributed by atoms with van der Waals surface area (Å²) in [6.07, 6.45) is 0.713. The van der Waals surface area contributed by atoms with Crippen molar-refractivity contribution in [2.75, 3.05) is 26.9 Å². The molecule has 3 aliphatic carbocycles. The van der Waals surface area contributed by atoms with Gasteiger partial charge in [-0.1, -0.05) is 26.3 Å². The SMILES string of the molecule is COC(=O)CC1[C@@]2(C)[C@@H](O)C[C@@H](O)[C@@]3(C)CO[C@@H]([C@H]4O[C@@H]5C[C@@H](C6CCOC6)C(C)=C5[C@@]14C)[C@@H]32. The highest BCUT2D eigenvalue weighted by atomic mass is 16.6. The number of allylic oxidation sites excluding steroid dienone is 1. The number of hydrogen-bond acceptors (Lipinski definition) is 7. The lowest BCUT2D eigenvalue weighted by Gasteiger charge is -2.64. The Hall–Kier alpha value is -0.990. The average Bonchev–Trinajstić information content (AvgIpc) is 3.55. The normalized spacial score (nSPS) is 55.8. The topological polar surface area (TPSA) is 94.5 Å². The standard InChI is InChI=1S/C27H40O7/c1-13-15(14-6-7-32-11-14)8-16-21(13)27(4)17(9-20(30)31-5)26(3)19(29)10-18(28)25(2)12-33-22(23(25)26)24(27)34-16/h14-19,22-24,28-29H,6-12H2,1-5H3/t14?,15-,16-,17?,18-,19+,22-,23+,24-,25-,26+,27-/m1/s1. The van der Waals surface area contributed by atoms with E-state index in [-0.39, 0.29) is 42.5 Å². The van der Waals surface area contributed by atoms with Crippen molar-refractivity contribution in [2.45, 2.75) is 83.9 Å².